The van der Waals surface area contributed by atoms with Gasteiger partial charge in [0, 0.05) is 0 Å². The molecule has 154 valence electrons. The maximum absolute atomic E-state index is 13.2. The molecule has 0 spiro atoms. The molecule has 0 amide bonds. The molecule has 4 fully saturated rings. The Hall–Kier alpha value is -0.570. The van der Waals surface area contributed by atoms with E-state index in [0.717, 1.165) is 12.8 Å². The van der Waals surface area contributed by atoms with E-state index >= 15 is 0 Å². The van der Waals surface area contributed by atoms with Gasteiger partial charge in [0.05, 0.1) is 18.1 Å². The van der Waals surface area contributed by atoms with Gasteiger partial charge in [-0.2, -0.15) is 0 Å². The second-order valence-corrected chi connectivity index (χ2v) is 10.4. The van der Waals surface area contributed by atoms with Gasteiger partial charge in [-0.15, -0.1) is 0 Å². The highest BCUT2D eigenvalue weighted by Gasteiger charge is 2.62. The minimum absolute atomic E-state index is 0.102. The summed E-state index contributed by atoms with van der Waals surface area (Å²) in [7, 11) is 0. The van der Waals surface area contributed by atoms with Crippen LogP contribution < -0.4 is 0 Å². The van der Waals surface area contributed by atoms with Crippen molar-refractivity contribution in [1.82, 2.24) is 0 Å². The molecule has 7 unspecified atom stereocenters. The lowest BCUT2D eigenvalue weighted by Crippen LogP contribution is -2.42. The number of carbonyl (C=O) groups is 1. The van der Waals surface area contributed by atoms with Gasteiger partial charge >= 0.3 is 5.97 Å². The van der Waals surface area contributed by atoms with Crippen molar-refractivity contribution in [2.45, 2.75) is 110 Å². The van der Waals surface area contributed by atoms with Crippen LogP contribution >= 0.6 is 0 Å². The second-order valence-electron chi connectivity index (χ2n) is 10.4. The lowest BCUT2D eigenvalue weighted by molar-refractivity contribution is -0.171. The van der Waals surface area contributed by atoms with E-state index in [1.165, 1.54) is 51.4 Å². The molecule has 3 nitrogen and oxygen atoms in total. The standard InChI is InChI=1S/C24H40O3/c1-5-10-20-21-15-13-17(22(21)19(6-2)26-20)18(14-15)23(25)27-24(3,4)16-11-8-7-9-12-16/h15-22H,5-14H2,1-4H3. The van der Waals surface area contributed by atoms with Crippen molar-refractivity contribution >= 4 is 5.97 Å². The third kappa shape index (κ3) is 3.47. The predicted molar refractivity (Wildman–Crippen MR) is 107 cm³/mol. The van der Waals surface area contributed by atoms with Gasteiger partial charge in [-0.25, -0.2) is 0 Å². The second kappa shape index (κ2) is 7.69. The normalized spacial score (nSPS) is 41.7. The fourth-order valence-corrected chi connectivity index (χ4v) is 7.33. The molecule has 1 aliphatic heterocycles. The SMILES string of the molecule is CCCC1OC(CC)C2C3CC(CC3C(=O)OC(C)(C)C3CCCCC3)C12. The van der Waals surface area contributed by atoms with E-state index in [1.54, 1.807) is 0 Å². The first-order valence-corrected chi connectivity index (χ1v) is 11.8. The molecule has 3 heteroatoms. The van der Waals surface area contributed by atoms with E-state index < -0.39 is 0 Å². The maximum atomic E-state index is 13.2. The van der Waals surface area contributed by atoms with Crippen LogP contribution in [0.3, 0.4) is 0 Å². The quantitative estimate of drug-likeness (QED) is 0.553. The molecule has 7 atom stereocenters. The van der Waals surface area contributed by atoms with Gasteiger partial charge < -0.3 is 9.47 Å². The van der Waals surface area contributed by atoms with Crippen LogP contribution in [-0.2, 0) is 14.3 Å². The van der Waals surface area contributed by atoms with Crippen molar-refractivity contribution in [3.05, 3.63) is 0 Å². The molecular formula is C24H40O3. The minimum atomic E-state index is -0.306. The number of rotatable bonds is 6. The summed E-state index contributed by atoms with van der Waals surface area (Å²) < 4.78 is 12.7. The predicted octanol–water partition coefficient (Wildman–Crippen LogP) is 5.75. The van der Waals surface area contributed by atoms with Crippen molar-refractivity contribution in [2.24, 2.45) is 35.5 Å². The Balaban J connectivity index is 1.43. The Labute approximate surface area is 165 Å². The summed E-state index contributed by atoms with van der Waals surface area (Å²) >= 11 is 0. The Kier molecular flexibility index (Phi) is 5.62. The zero-order valence-corrected chi connectivity index (χ0v) is 17.9. The average Bonchev–Trinajstić information content (AvgIpc) is 3.33. The highest BCUT2D eigenvalue weighted by Crippen LogP contribution is 2.62. The van der Waals surface area contributed by atoms with Gasteiger partial charge in [0.25, 0.3) is 0 Å². The van der Waals surface area contributed by atoms with Crippen molar-refractivity contribution in [3.8, 4) is 0 Å². The van der Waals surface area contributed by atoms with Gasteiger partial charge in [0.1, 0.15) is 5.60 Å². The molecule has 3 aliphatic carbocycles. The van der Waals surface area contributed by atoms with Crippen LogP contribution in [0.15, 0.2) is 0 Å². The molecule has 0 N–H and O–H groups in total. The summed E-state index contributed by atoms with van der Waals surface area (Å²) in [5.41, 5.74) is -0.306. The van der Waals surface area contributed by atoms with Gasteiger partial charge in [0.2, 0.25) is 0 Å². The summed E-state index contributed by atoms with van der Waals surface area (Å²) in [5, 5.41) is 0. The molecule has 0 aromatic rings. The third-order valence-corrected chi connectivity index (χ3v) is 8.57. The van der Waals surface area contributed by atoms with Crippen LogP contribution in [0.2, 0.25) is 0 Å². The molecule has 1 saturated heterocycles. The minimum Gasteiger partial charge on any atom is -0.459 e. The Morgan fingerprint density at radius 1 is 1.04 bits per heavy atom. The summed E-state index contributed by atoms with van der Waals surface area (Å²) in [4.78, 5) is 13.2. The smallest absolute Gasteiger partial charge is 0.309 e. The fourth-order valence-electron chi connectivity index (χ4n) is 7.33. The van der Waals surface area contributed by atoms with Crippen molar-refractivity contribution in [2.75, 3.05) is 0 Å². The molecule has 0 aromatic carbocycles. The molecule has 1 heterocycles. The summed E-state index contributed by atoms with van der Waals surface area (Å²) in [6, 6.07) is 0. The number of hydrogen-bond donors (Lipinski definition) is 0. The van der Waals surface area contributed by atoms with Crippen molar-refractivity contribution in [1.29, 1.82) is 0 Å². The lowest BCUT2D eigenvalue weighted by atomic mass is 9.70. The molecule has 0 aromatic heterocycles. The first-order chi connectivity index (χ1) is 13.0. The van der Waals surface area contributed by atoms with Crippen LogP contribution in [0.4, 0.5) is 0 Å². The zero-order valence-electron chi connectivity index (χ0n) is 17.9. The third-order valence-electron chi connectivity index (χ3n) is 8.57. The monoisotopic (exact) mass is 376 g/mol. The van der Waals surface area contributed by atoms with Gasteiger partial charge in [0.15, 0.2) is 0 Å². The Morgan fingerprint density at radius 3 is 2.44 bits per heavy atom. The molecule has 4 aliphatic rings. The van der Waals surface area contributed by atoms with E-state index in [-0.39, 0.29) is 17.5 Å². The average molecular weight is 377 g/mol. The molecule has 27 heavy (non-hydrogen) atoms. The van der Waals surface area contributed by atoms with Gasteiger partial charge in [-0.05, 0) is 82.0 Å². The first kappa shape index (κ1) is 19.7. The van der Waals surface area contributed by atoms with Crippen molar-refractivity contribution in [3.63, 3.8) is 0 Å². The Morgan fingerprint density at radius 2 is 1.78 bits per heavy atom. The van der Waals surface area contributed by atoms with E-state index in [2.05, 4.69) is 27.7 Å². The largest absolute Gasteiger partial charge is 0.459 e. The highest BCUT2D eigenvalue weighted by molar-refractivity contribution is 5.74. The molecule has 4 rings (SSSR count). The van der Waals surface area contributed by atoms with Crippen molar-refractivity contribution < 1.29 is 14.3 Å². The fraction of sp³-hybridized carbons (Fsp3) is 0.958. The van der Waals surface area contributed by atoms with Crippen LogP contribution in [0.5, 0.6) is 0 Å². The van der Waals surface area contributed by atoms with Gasteiger partial charge in [-0.1, -0.05) is 39.5 Å². The van der Waals surface area contributed by atoms with E-state index in [0.29, 0.717) is 41.8 Å². The topological polar surface area (TPSA) is 35.5 Å². The highest BCUT2D eigenvalue weighted by atomic mass is 16.6. The Bertz CT molecular complexity index is 536. The number of fused-ring (bicyclic) bond motifs is 5. The van der Waals surface area contributed by atoms with Crippen LogP contribution in [-0.4, -0.2) is 23.8 Å². The summed E-state index contributed by atoms with van der Waals surface area (Å²) in [6.07, 6.45) is 12.9. The molecular weight excluding hydrogens is 336 g/mol. The zero-order chi connectivity index (χ0) is 19.2. The first-order valence-electron chi connectivity index (χ1n) is 11.8. The van der Waals surface area contributed by atoms with E-state index in [1.807, 2.05) is 0 Å². The maximum Gasteiger partial charge on any atom is 0.309 e. The van der Waals surface area contributed by atoms with E-state index in [9.17, 15) is 4.79 Å². The number of esters is 1. The molecule has 2 bridgehead atoms. The van der Waals surface area contributed by atoms with Gasteiger partial charge in [-0.3, -0.25) is 4.79 Å². The lowest BCUT2D eigenvalue weighted by Gasteiger charge is -2.39. The van der Waals surface area contributed by atoms with Crippen LogP contribution in [0.25, 0.3) is 0 Å². The molecule has 0 radical (unpaired) electrons. The number of ether oxygens (including phenoxy) is 2. The molecule has 3 saturated carbocycles. The number of hydrogen-bond acceptors (Lipinski definition) is 3. The van der Waals surface area contributed by atoms with Crippen LogP contribution in [0, 0.1) is 35.5 Å². The summed E-state index contributed by atoms with van der Waals surface area (Å²) in [6.45, 7) is 8.82. The summed E-state index contributed by atoms with van der Waals surface area (Å²) in [5.74, 6) is 3.25. The van der Waals surface area contributed by atoms with E-state index in [4.69, 9.17) is 9.47 Å². The van der Waals surface area contributed by atoms with Crippen LogP contribution in [0.1, 0.15) is 91.9 Å². The number of carbonyl (C=O) groups excluding carboxylic acids is 1.